The number of phenolic OH excluding ortho intramolecular Hbond substituents is 1. The summed E-state index contributed by atoms with van der Waals surface area (Å²) in [5.74, 6) is 0.249. The maximum absolute atomic E-state index is 10.3. The van der Waals surface area contributed by atoms with Gasteiger partial charge >= 0.3 is 6.03 Å². The third kappa shape index (κ3) is 2.22. The van der Waals surface area contributed by atoms with Crippen molar-refractivity contribution >= 4 is 12.2 Å². The molecule has 0 spiro atoms. The van der Waals surface area contributed by atoms with Gasteiger partial charge in [-0.3, -0.25) is 0 Å². The number of methoxy groups -OCH3 is 1. The quantitative estimate of drug-likeness (QED) is 0.686. The molecule has 0 aromatic heterocycles. The van der Waals surface area contributed by atoms with Gasteiger partial charge in [0.1, 0.15) is 0 Å². The van der Waals surface area contributed by atoms with E-state index in [0.717, 1.165) is 0 Å². The maximum Gasteiger partial charge on any atom is 0.338 e. The summed E-state index contributed by atoms with van der Waals surface area (Å²) in [7, 11) is 1.43. The Morgan fingerprint density at radius 1 is 1.64 bits per heavy atom. The highest BCUT2D eigenvalue weighted by Crippen LogP contribution is 2.27. The zero-order valence-electron chi connectivity index (χ0n) is 7.60. The predicted octanol–water partition coefficient (Wildman–Crippen LogP) is 0.898. The fourth-order valence-corrected chi connectivity index (χ4v) is 0.941. The average Bonchev–Trinajstić information content (AvgIpc) is 2.16. The van der Waals surface area contributed by atoms with E-state index >= 15 is 0 Å². The molecule has 0 fully saturated rings. The highest BCUT2D eigenvalue weighted by atomic mass is 16.5. The number of carbonyl (C=O) groups is 1. The number of nitrogens with zero attached hydrogens (tertiary/aromatic N) is 1. The third-order valence-electron chi connectivity index (χ3n) is 1.58. The molecular weight excluding hydrogens is 184 g/mol. The smallest absolute Gasteiger partial charge is 0.338 e. The Labute approximate surface area is 80.8 Å². The lowest BCUT2D eigenvalue weighted by Gasteiger charge is -2.04. The first-order valence-corrected chi connectivity index (χ1v) is 3.84. The Morgan fingerprint density at radius 3 is 2.93 bits per heavy atom. The SMILES string of the molecule is COc1cccc(/C=N/C(N)=O)c1O. The monoisotopic (exact) mass is 194 g/mol. The molecule has 0 saturated carbocycles. The zero-order valence-corrected chi connectivity index (χ0v) is 7.60. The molecule has 0 heterocycles. The molecule has 0 bridgehead atoms. The van der Waals surface area contributed by atoms with Crippen LogP contribution in [0.15, 0.2) is 23.2 Å². The molecule has 1 rings (SSSR count). The van der Waals surface area contributed by atoms with Gasteiger partial charge in [0.15, 0.2) is 11.5 Å². The molecule has 3 N–H and O–H groups in total. The summed E-state index contributed by atoms with van der Waals surface area (Å²) in [6, 6.07) is 4.04. The third-order valence-corrected chi connectivity index (χ3v) is 1.58. The summed E-state index contributed by atoms with van der Waals surface area (Å²) in [5.41, 5.74) is 5.19. The normalized spacial score (nSPS) is 10.4. The van der Waals surface area contributed by atoms with Gasteiger partial charge in [-0.15, -0.1) is 0 Å². The Hall–Kier alpha value is -2.04. The molecule has 2 amide bonds. The van der Waals surface area contributed by atoms with Crippen LogP contribution in [0, 0.1) is 0 Å². The van der Waals surface area contributed by atoms with Gasteiger partial charge in [0, 0.05) is 11.8 Å². The van der Waals surface area contributed by atoms with Crippen LogP contribution in [0.2, 0.25) is 0 Å². The Balaban J connectivity index is 3.03. The largest absolute Gasteiger partial charge is 0.504 e. The second-order valence-electron chi connectivity index (χ2n) is 2.49. The van der Waals surface area contributed by atoms with Crippen molar-refractivity contribution in [3.63, 3.8) is 0 Å². The highest BCUT2D eigenvalue weighted by molar-refractivity contribution is 5.92. The van der Waals surface area contributed by atoms with Gasteiger partial charge in [-0.05, 0) is 12.1 Å². The van der Waals surface area contributed by atoms with Crippen LogP contribution in [0.1, 0.15) is 5.56 Å². The van der Waals surface area contributed by atoms with E-state index in [1.165, 1.54) is 13.3 Å². The van der Waals surface area contributed by atoms with Crippen molar-refractivity contribution in [2.45, 2.75) is 0 Å². The molecule has 1 aromatic carbocycles. The minimum atomic E-state index is -0.813. The van der Waals surface area contributed by atoms with Crippen LogP contribution >= 0.6 is 0 Å². The van der Waals surface area contributed by atoms with Crippen molar-refractivity contribution in [1.82, 2.24) is 0 Å². The van der Waals surface area contributed by atoms with Crippen LogP contribution in [0.3, 0.4) is 0 Å². The molecule has 0 saturated heterocycles. The van der Waals surface area contributed by atoms with Gasteiger partial charge in [-0.1, -0.05) is 6.07 Å². The van der Waals surface area contributed by atoms with Crippen molar-refractivity contribution in [3.8, 4) is 11.5 Å². The number of amides is 2. The minimum Gasteiger partial charge on any atom is -0.504 e. The van der Waals surface area contributed by atoms with Crippen molar-refractivity contribution in [1.29, 1.82) is 0 Å². The summed E-state index contributed by atoms with van der Waals surface area (Å²) in [6.07, 6.45) is 1.18. The van der Waals surface area contributed by atoms with Crippen LogP contribution in [-0.2, 0) is 0 Å². The number of urea groups is 1. The zero-order chi connectivity index (χ0) is 10.6. The molecule has 5 nitrogen and oxygen atoms in total. The molecule has 1 aromatic rings. The topological polar surface area (TPSA) is 84.9 Å². The van der Waals surface area contributed by atoms with E-state index in [4.69, 9.17) is 10.5 Å². The minimum absolute atomic E-state index is 0.0694. The van der Waals surface area contributed by atoms with Crippen LogP contribution in [0.4, 0.5) is 4.79 Å². The van der Waals surface area contributed by atoms with Gasteiger partial charge in [-0.2, -0.15) is 0 Å². The van der Waals surface area contributed by atoms with E-state index in [0.29, 0.717) is 11.3 Å². The van der Waals surface area contributed by atoms with Gasteiger partial charge in [0.25, 0.3) is 0 Å². The number of primary amides is 1. The van der Waals surface area contributed by atoms with E-state index in [2.05, 4.69) is 4.99 Å². The molecule has 0 aliphatic carbocycles. The number of carbonyl (C=O) groups excluding carboxylic acids is 1. The first-order chi connectivity index (χ1) is 6.65. The Kier molecular flexibility index (Phi) is 3.06. The van der Waals surface area contributed by atoms with Crippen molar-refractivity contribution in [2.75, 3.05) is 7.11 Å². The fourth-order valence-electron chi connectivity index (χ4n) is 0.941. The van der Waals surface area contributed by atoms with E-state index in [1.807, 2.05) is 0 Å². The van der Waals surface area contributed by atoms with E-state index in [9.17, 15) is 9.90 Å². The Bertz CT molecular complexity index is 374. The summed E-state index contributed by atoms with van der Waals surface area (Å²) in [5, 5.41) is 9.53. The van der Waals surface area contributed by atoms with E-state index in [-0.39, 0.29) is 5.75 Å². The van der Waals surface area contributed by atoms with Gasteiger partial charge in [-0.25, -0.2) is 9.79 Å². The summed E-state index contributed by atoms with van der Waals surface area (Å²) < 4.78 is 4.86. The number of phenols is 1. The van der Waals surface area contributed by atoms with Gasteiger partial charge in [0.2, 0.25) is 0 Å². The Morgan fingerprint density at radius 2 is 2.36 bits per heavy atom. The summed E-state index contributed by atoms with van der Waals surface area (Å²) in [4.78, 5) is 13.7. The molecule has 74 valence electrons. The number of nitrogens with two attached hydrogens (primary N) is 1. The number of benzene rings is 1. The second-order valence-corrected chi connectivity index (χ2v) is 2.49. The first kappa shape index (κ1) is 10.0. The molecule has 5 heteroatoms. The fraction of sp³-hybridized carbons (Fsp3) is 0.111. The standard InChI is InChI=1S/C9H10N2O3/c1-14-7-4-2-3-6(8(7)12)5-11-9(10)13/h2-5,12H,1H3,(H2,10,13)/b11-5+. The van der Waals surface area contributed by atoms with Crippen molar-refractivity contribution in [2.24, 2.45) is 10.7 Å². The number of para-hydroxylation sites is 1. The van der Waals surface area contributed by atoms with Crippen LogP contribution < -0.4 is 10.5 Å². The predicted molar refractivity (Wildman–Crippen MR) is 51.8 cm³/mol. The van der Waals surface area contributed by atoms with Gasteiger partial charge < -0.3 is 15.6 Å². The number of hydrogen-bond acceptors (Lipinski definition) is 3. The van der Waals surface area contributed by atoms with Crippen LogP contribution in [0.5, 0.6) is 11.5 Å². The average molecular weight is 194 g/mol. The van der Waals surface area contributed by atoms with Gasteiger partial charge in [0.05, 0.1) is 7.11 Å². The molecule has 0 unspecified atom stereocenters. The molecule has 0 aliphatic heterocycles. The lowest BCUT2D eigenvalue weighted by atomic mass is 10.2. The molecule has 0 radical (unpaired) electrons. The lowest BCUT2D eigenvalue weighted by molar-refractivity contribution is 0.257. The lowest BCUT2D eigenvalue weighted by Crippen LogP contribution is -2.04. The number of ether oxygens (including phenoxy) is 1. The number of hydrogen-bond donors (Lipinski definition) is 2. The molecule has 0 atom stereocenters. The van der Waals surface area contributed by atoms with Crippen LogP contribution in [0.25, 0.3) is 0 Å². The molecule has 14 heavy (non-hydrogen) atoms. The molecular formula is C9H10N2O3. The first-order valence-electron chi connectivity index (χ1n) is 3.84. The van der Waals surface area contributed by atoms with Crippen molar-refractivity contribution < 1.29 is 14.6 Å². The molecule has 0 aliphatic rings. The number of aliphatic imine (C=N–C) groups is 1. The summed E-state index contributed by atoms with van der Waals surface area (Å²) in [6.45, 7) is 0. The van der Waals surface area contributed by atoms with Crippen LogP contribution in [-0.4, -0.2) is 24.5 Å². The second kappa shape index (κ2) is 4.27. The van der Waals surface area contributed by atoms with E-state index in [1.54, 1.807) is 18.2 Å². The van der Waals surface area contributed by atoms with Crippen molar-refractivity contribution in [3.05, 3.63) is 23.8 Å². The number of aromatic hydroxyl groups is 1. The summed E-state index contributed by atoms with van der Waals surface area (Å²) >= 11 is 0. The maximum atomic E-state index is 10.3. The van der Waals surface area contributed by atoms with E-state index < -0.39 is 6.03 Å². The number of rotatable bonds is 2. The highest BCUT2D eigenvalue weighted by Gasteiger charge is 2.04.